The van der Waals surface area contributed by atoms with Crippen LogP contribution in [0.1, 0.15) is 17.9 Å². The molecule has 0 N–H and O–H groups in total. The van der Waals surface area contributed by atoms with Gasteiger partial charge in [0.15, 0.2) is 0 Å². The fourth-order valence-electron chi connectivity index (χ4n) is 1.88. The van der Waals surface area contributed by atoms with Gasteiger partial charge in [0, 0.05) is 11.6 Å². The van der Waals surface area contributed by atoms with Gasteiger partial charge in [0.2, 0.25) is 0 Å². The number of carbonyl (C=O) groups is 1. The van der Waals surface area contributed by atoms with Gasteiger partial charge < -0.3 is 14.2 Å². The predicted molar refractivity (Wildman–Crippen MR) is 57.9 cm³/mol. The third-order valence-corrected chi connectivity index (χ3v) is 2.75. The van der Waals surface area contributed by atoms with Crippen LogP contribution in [-0.2, 0) is 9.53 Å². The smallest absolute Gasteiger partial charge is 0.313 e. The maximum Gasteiger partial charge on any atom is 0.313 e. The SMILES string of the molecule is COc1ccc(C2CCOC2=O)c(OC)c1. The summed E-state index contributed by atoms with van der Waals surface area (Å²) in [6.45, 7) is 0.485. The Morgan fingerprint density at radius 2 is 2.12 bits per heavy atom. The van der Waals surface area contributed by atoms with Crippen molar-refractivity contribution >= 4 is 5.97 Å². The zero-order valence-electron chi connectivity index (χ0n) is 9.36. The molecule has 1 saturated heterocycles. The zero-order chi connectivity index (χ0) is 11.5. The molecule has 1 unspecified atom stereocenters. The topological polar surface area (TPSA) is 44.8 Å². The van der Waals surface area contributed by atoms with Crippen molar-refractivity contribution in [3.63, 3.8) is 0 Å². The van der Waals surface area contributed by atoms with Crippen molar-refractivity contribution in [1.82, 2.24) is 0 Å². The first-order valence-corrected chi connectivity index (χ1v) is 5.15. The van der Waals surface area contributed by atoms with Crippen LogP contribution >= 0.6 is 0 Å². The number of esters is 1. The molecule has 1 aliphatic rings. The summed E-state index contributed by atoms with van der Waals surface area (Å²) in [6.07, 6.45) is 0.710. The number of hydrogen-bond acceptors (Lipinski definition) is 4. The molecule has 0 aromatic heterocycles. The second-order valence-corrected chi connectivity index (χ2v) is 3.62. The molecule has 0 spiro atoms. The first-order chi connectivity index (χ1) is 7.76. The third kappa shape index (κ3) is 1.83. The first kappa shape index (κ1) is 10.8. The molecule has 0 bridgehead atoms. The van der Waals surface area contributed by atoms with E-state index in [9.17, 15) is 4.79 Å². The van der Waals surface area contributed by atoms with E-state index in [1.807, 2.05) is 12.1 Å². The molecule has 1 aromatic carbocycles. The maximum atomic E-state index is 11.5. The Kier molecular flexibility index (Phi) is 2.99. The fourth-order valence-corrected chi connectivity index (χ4v) is 1.88. The molecule has 0 amide bonds. The van der Waals surface area contributed by atoms with E-state index in [1.54, 1.807) is 20.3 Å². The summed E-state index contributed by atoms with van der Waals surface area (Å²) in [4.78, 5) is 11.5. The molecular formula is C12H14O4. The zero-order valence-corrected chi connectivity index (χ0v) is 9.36. The Morgan fingerprint density at radius 1 is 1.31 bits per heavy atom. The van der Waals surface area contributed by atoms with Crippen molar-refractivity contribution in [2.45, 2.75) is 12.3 Å². The summed E-state index contributed by atoms with van der Waals surface area (Å²) in [5, 5.41) is 0. The minimum absolute atomic E-state index is 0.177. The van der Waals surface area contributed by atoms with Crippen LogP contribution in [0.25, 0.3) is 0 Å². The van der Waals surface area contributed by atoms with Crippen molar-refractivity contribution in [2.75, 3.05) is 20.8 Å². The molecule has 0 radical (unpaired) electrons. The quantitative estimate of drug-likeness (QED) is 0.731. The highest BCUT2D eigenvalue weighted by Crippen LogP contribution is 2.35. The Hall–Kier alpha value is -1.71. The summed E-state index contributed by atoms with van der Waals surface area (Å²) in [7, 11) is 3.18. The number of ether oxygens (including phenoxy) is 3. The van der Waals surface area contributed by atoms with Gasteiger partial charge in [0.05, 0.1) is 26.7 Å². The van der Waals surface area contributed by atoms with Crippen LogP contribution in [0.15, 0.2) is 18.2 Å². The molecule has 1 heterocycles. The third-order valence-electron chi connectivity index (χ3n) is 2.75. The van der Waals surface area contributed by atoms with E-state index in [4.69, 9.17) is 14.2 Å². The summed E-state index contributed by atoms with van der Waals surface area (Å²) in [5.74, 6) is 1.000. The molecule has 0 saturated carbocycles. The second kappa shape index (κ2) is 4.43. The molecule has 16 heavy (non-hydrogen) atoms. The summed E-state index contributed by atoms with van der Waals surface area (Å²) >= 11 is 0. The molecule has 4 nitrogen and oxygen atoms in total. The Morgan fingerprint density at radius 3 is 2.69 bits per heavy atom. The van der Waals surface area contributed by atoms with Gasteiger partial charge in [0.25, 0.3) is 0 Å². The average molecular weight is 222 g/mol. The lowest BCUT2D eigenvalue weighted by atomic mass is 9.97. The average Bonchev–Trinajstić information content (AvgIpc) is 2.74. The van der Waals surface area contributed by atoms with E-state index in [1.165, 1.54) is 0 Å². The highest BCUT2D eigenvalue weighted by molar-refractivity contribution is 5.81. The van der Waals surface area contributed by atoms with Gasteiger partial charge in [-0.05, 0) is 12.5 Å². The number of benzene rings is 1. The minimum Gasteiger partial charge on any atom is -0.497 e. The first-order valence-electron chi connectivity index (χ1n) is 5.15. The Bertz CT molecular complexity index is 400. The van der Waals surface area contributed by atoms with Gasteiger partial charge in [-0.1, -0.05) is 6.07 Å². The van der Waals surface area contributed by atoms with Crippen molar-refractivity contribution < 1.29 is 19.0 Å². The number of hydrogen-bond donors (Lipinski definition) is 0. The number of carbonyl (C=O) groups excluding carboxylic acids is 1. The van der Waals surface area contributed by atoms with E-state index < -0.39 is 0 Å². The normalized spacial score (nSPS) is 19.4. The summed E-state index contributed by atoms with van der Waals surface area (Å²) < 4.78 is 15.3. The fraction of sp³-hybridized carbons (Fsp3) is 0.417. The molecule has 4 heteroatoms. The molecule has 1 fully saturated rings. The molecule has 2 rings (SSSR count). The van der Waals surface area contributed by atoms with Gasteiger partial charge in [-0.2, -0.15) is 0 Å². The van der Waals surface area contributed by atoms with Gasteiger partial charge in [-0.3, -0.25) is 4.79 Å². The van der Waals surface area contributed by atoms with Crippen molar-refractivity contribution in [2.24, 2.45) is 0 Å². The number of methoxy groups -OCH3 is 2. The van der Waals surface area contributed by atoms with Gasteiger partial charge in [0.1, 0.15) is 11.5 Å². The molecule has 86 valence electrons. The lowest BCUT2D eigenvalue weighted by Gasteiger charge is -2.12. The molecule has 1 aromatic rings. The predicted octanol–water partition coefficient (Wildman–Crippen LogP) is 1.73. The Labute approximate surface area is 94.1 Å². The van der Waals surface area contributed by atoms with Crippen molar-refractivity contribution in [3.8, 4) is 11.5 Å². The van der Waals surface area contributed by atoms with Crippen LogP contribution in [0.3, 0.4) is 0 Å². The van der Waals surface area contributed by atoms with Crippen LogP contribution in [0.4, 0.5) is 0 Å². The van der Waals surface area contributed by atoms with E-state index in [-0.39, 0.29) is 11.9 Å². The van der Waals surface area contributed by atoms with Gasteiger partial charge in [-0.25, -0.2) is 0 Å². The monoisotopic (exact) mass is 222 g/mol. The maximum absolute atomic E-state index is 11.5. The van der Waals surface area contributed by atoms with Crippen LogP contribution in [0.2, 0.25) is 0 Å². The standard InChI is InChI=1S/C12H14O4/c1-14-8-3-4-9(11(7-8)15-2)10-5-6-16-12(10)13/h3-4,7,10H,5-6H2,1-2H3. The van der Waals surface area contributed by atoms with E-state index in [0.717, 1.165) is 5.56 Å². The number of rotatable bonds is 3. The highest BCUT2D eigenvalue weighted by Gasteiger charge is 2.30. The molecule has 1 atom stereocenters. The van der Waals surface area contributed by atoms with Crippen LogP contribution in [0.5, 0.6) is 11.5 Å². The lowest BCUT2D eigenvalue weighted by molar-refractivity contribution is -0.139. The largest absolute Gasteiger partial charge is 0.497 e. The van der Waals surface area contributed by atoms with Crippen LogP contribution in [-0.4, -0.2) is 26.8 Å². The second-order valence-electron chi connectivity index (χ2n) is 3.62. The van der Waals surface area contributed by atoms with E-state index in [0.29, 0.717) is 24.5 Å². The molecular weight excluding hydrogens is 208 g/mol. The van der Waals surface area contributed by atoms with Crippen molar-refractivity contribution in [1.29, 1.82) is 0 Å². The van der Waals surface area contributed by atoms with Gasteiger partial charge in [-0.15, -0.1) is 0 Å². The van der Waals surface area contributed by atoms with Crippen LogP contribution in [0, 0.1) is 0 Å². The minimum atomic E-state index is -0.208. The van der Waals surface area contributed by atoms with Crippen molar-refractivity contribution in [3.05, 3.63) is 23.8 Å². The Balaban J connectivity index is 2.36. The molecule has 0 aliphatic carbocycles. The van der Waals surface area contributed by atoms with E-state index >= 15 is 0 Å². The van der Waals surface area contributed by atoms with Gasteiger partial charge >= 0.3 is 5.97 Å². The highest BCUT2D eigenvalue weighted by atomic mass is 16.5. The summed E-state index contributed by atoms with van der Waals surface area (Å²) in [6, 6.07) is 5.46. The number of cyclic esters (lactones) is 1. The van der Waals surface area contributed by atoms with Crippen LogP contribution < -0.4 is 9.47 Å². The lowest BCUT2D eigenvalue weighted by Crippen LogP contribution is -2.07. The molecule has 1 aliphatic heterocycles. The van der Waals surface area contributed by atoms with E-state index in [2.05, 4.69) is 0 Å². The summed E-state index contributed by atoms with van der Waals surface area (Å²) in [5.41, 5.74) is 0.866.